The highest BCUT2D eigenvalue weighted by molar-refractivity contribution is 7.99. The molecule has 1 aromatic heterocycles. The van der Waals surface area contributed by atoms with Gasteiger partial charge in [-0.2, -0.15) is 0 Å². The third-order valence-corrected chi connectivity index (χ3v) is 5.24. The summed E-state index contributed by atoms with van der Waals surface area (Å²) in [5.74, 6) is 2.48. The fourth-order valence-corrected chi connectivity index (χ4v) is 3.68. The molecule has 0 aliphatic carbocycles. The van der Waals surface area contributed by atoms with E-state index in [9.17, 15) is 4.79 Å². The van der Waals surface area contributed by atoms with Gasteiger partial charge in [0.15, 0.2) is 11.5 Å². The van der Waals surface area contributed by atoms with Gasteiger partial charge < -0.3 is 19.7 Å². The van der Waals surface area contributed by atoms with Crippen LogP contribution in [0.3, 0.4) is 0 Å². The van der Waals surface area contributed by atoms with Crippen molar-refractivity contribution >= 4 is 29.2 Å². The predicted octanol–water partition coefficient (Wildman–Crippen LogP) is 2.93. The maximum absolute atomic E-state index is 12.2. The second-order valence-corrected chi connectivity index (χ2v) is 7.16. The smallest absolute Gasteiger partial charge is 0.234 e. The monoisotopic (exact) mass is 372 g/mol. The largest absolute Gasteiger partial charge is 0.454 e. The molecule has 1 saturated heterocycles. The molecule has 0 spiro atoms. The highest BCUT2D eigenvalue weighted by Gasteiger charge is 2.15. The number of aromatic nitrogens is 2. The Bertz CT molecular complexity index is 796. The van der Waals surface area contributed by atoms with Crippen LogP contribution in [0.2, 0.25) is 0 Å². The minimum Gasteiger partial charge on any atom is -0.454 e. The molecule has 4 rings (SSSR count). The Labute approximate surface area is 156 Å². The second kappa shape index (κ2) is 7.82. The zero-order valence-electron chi connectivity index (χ0n) is 14.3. The molecule has 1 fully saturated rings. The molecule has 0 unspecified atom stereocenters. The summed E-state index contributed by atoms with van der Waals surface area (Å²) in [5, 5.41) is 3.68. The summed E-state index contributed by atoms with van der Waals surface area (Å²) in [5.41, 5.74) is 0.691. The summed E-state index contributed by atoms with van der Waals surface area (Å²) in [6, 6.07) is 7.32. The normalized spacial score (nSPS) is 15.8. The van der Waals surface area contributed by atoms with Crippen LogP contribution >= 0.6 is 11.8 Å². The Morgan fingerprint density at radius 2 is 1.96 bits per heavy atom. The van der Waals surface area contributed by atoms with Gasteiger partial charge in [0, 0.05) is 30.9 Å². The summed E-state index contributed by atoms with van der Waals surface area (Å²) in [6.45, 7) is 2.28. The third kappa shape index (κ3) is 4.01. The lowest BCUT2D eigenvalue weighted by Gasteiger charge is -2.27. The number of hydrogen-bond donors (Lipinski definition) is 1. The number of benzene rings is 1. The maximum atomic E-state index is 12.2. The van der Waals surface area contributed by atoms with E-state index in [1.54, 1.807) is 24.5 Å². The van der Waals surface area contributed by atoms with Crippen molar-refractivity contribution in [3.8, 4) is 11.5 Å². The van der Waals surface area contributed by atoms with E-state index in [-0.39, 0.29) is 18.5 Å². The lowest BCUT2D eigenvalue weighted by atomic mass is 10.1. The van der Waals surface area contributed by atoms with E-state index < -0.39 is 0 Å². The molecule has 0 atom stereocenters. The molecule has 1 aromatic carbocycles. The molecule has 2 aliphatic heterocycles. The van der Waals surface area contributed by atoms with Crippen LogP contribution in [0, 0.1) is 0 Å². The van der Waals surface area contributed by atoms with Gasteiger partial charge in [0.1, 0.15) is 17.2 Å². The van der Waals surface area contributed by atoms with Crippen LogP contribution in [0.4, 0.5) is 11.5 Å². The SMILES string of the molecule is O=C(CSc1cc(N2CCCCC2)ncn1)Nc1ccc2c(c1)OCO2. The van der Waals surface area contributed by atoms with E-state index in [4.69, 9.17) is 9.47 Å². The standard InChI is InChI=1S/C18H20N4O3S/c23-17(21-13-4-5-14-15(8-13)25-12-24-14)10-26-18-9-16(19-11-20-18)22-6-2-1-3-7-22/h4-5,8-9,11H,1-3,6-7,10,12H2,(H,21,23). The quantitative estimate of drug-likeness (QED) is 0.639. The second-order valence-electron chi connectivity index (χ2n) is 6.17. The summed E-state index contributed by atoms with van der Waals surface area (Å²) in [7, 11) is 0. The average molecular weight is 372 g/mol. The van der Waals surface area contributed by atoms with Crippen molar-refractivity contribution in [2.75, 3.05) is 35.9 Å². The van der Waals surface area contributed by atoms with Crippen LogP contribution in [0.1, 0.15) is 19.3 Å². The summed E-state index contributed by atoms with van der Waals surface area (Å²) in [4.78, 5) is 23.1. The van der Waals surface area contributed by atoms with Crippen LogP contribution in [-0.4, -0.2) is 41.5 Å². The first kappa shape index (κ1) is 17.0. The zero-order chi connectivity index (χ0) is 17.8. The summed E-state index contributed by atoms with van der Waals surface area (Å²) < 4.78 is 10.6. The molecule has 2 aromatic rings. The van der Waals surface area contributed by atoms with Gasteiger partial charge in [-0.1, -0.05) is 11.8 Å². The summed E-state index contributed by atoms with van der Waals surface area (Å²) in [6.07, 6.45) is 5.25. The molecule has 136 valence electrons. The van der Waals surface area contributed by atoms with Gasteiger partial charge in [-0.15, -0.1) is 0 Å². The Balaban J connectivity index is 1.32. The van der Waals surface area contributed by atoms with Crippen molar-refractivity contribution in [2.24, 2.45) is 0 Å². The number of carbonyl (C=O) groups excluding carboxylic acids is 1. The third-order valence-electron chi connectivity index (χ3n) is 4.32. The molecular weight excluding hydrogens is 352 g/mol. The number of piperidine rings is 1. The molecule has 8 heteroatoms. The van der Waals surface area contributed by atoms with E-state index in [1.807, 2.05) is 6.07 Å². The van der Waals surface area contributed by atoms with Crippen LogP contribution in [0.15, 0.2) is 35.6 Å². The molecule has 7 nitrogen and oxygen atoms in total. The van der Waals surface area contributed by atoms with Gasteiger partial charge in [-0.05, 0) is 31.4 Å². The number of amides is 1. The Hall–Kier alpha value is -2.48. The number of hydrogen-bond acceptors (Lipinski definition) is 7. The van der Waals surface area contributed by atoms with E-state index in [0.29, 0.717) is 17.2 Å². The van der Waals surface area contributed by atoms with Crippen molar-refractivity contribution in [1.29, 1.82) is 0 Å². The highest BCUT2D eigenvalue weighted by atomic mass is 32.2. The molecule has 1 N–H and O–H groups in total. The number of anilines is 2. The summed E-state index contributed by atoms with van der Waals surface area (Å²) >= 11 is 1.41. The topological polar surface area (TPSA) is 76.6 Å². The molecule has 1 amide bonds. The molecule has 26 heavy (non-hydrogen) atoms. The fraction of sp³-hybridized carbons (Fsp3) is 0.389. The first-order valence-electron chi connectivity index (χ1n) is 8.67. The van der Waals surface area contributed by atoms with Crippen LogP contribution in [0.25, 0.3) is 0 Å². The number of thioether (sulfide) groups is 1. The molecular formula is C18H20N4O3S. The minimum atomic E-state index is -0.0907. The zero-order valence-corrected chi connectivity index (χ0v) is 15.1. The van der Waals surface area contributed by atoms with E-state index >= 15 is 0 Å². The Morgan fingerprint density at radius 3 is 2.85 bits per heavy atom. The first-order valence-corrected chi connectivity index (χ1v) is 9.66. The van der Waals surface area contributed by atoms with Crippen molar-refractivity contribution in [3.05, 3.63) is 30.6 Å². The molecule has 3 heterocycles. The van der Waals surface area contributed by atoms with Crippen molar-refractivity contribution in [3.63, 3.8) is 0 Å². The molecule has 2 aliphatic rings. The van der Waals surface area contributed by atoms with Crippen molar-refractivity contribution in [2.45, 2.75) is 24.3 Å². The lowest BCUT2D eigenvalue weighted by Crippen LogP contribution is -2.30. The first-order chi connectivity index (χ1) is 12.8. The number of ether oxygens (including phenoxy) is 2. The van der Waals surface area contributed by atoms with Gasteiger partial charge in [0.05, 0.1) is 5.75 Å². The maximum Gasteiger partial charge on any atom is 0.234 e. The molecule has 0 saturated carbocycles. The number of carbonyl (C=O) groups is 1. The highest BCUT2D eigenvalue weighted by Crippen LogP contribution is 2.34. The van der Waals surface area contributed by atoms with Crippen molar-refractivity contribution in [1.82, 2.24) is 9.97 Å². The Morgan fingerprint density at radius 1 is 1.12 bits per heavy atom. The minimum absolute atomic E-state index is 0.0907. The predicted molar refractivity (Wildman–Crippen MR) is 100 cm³/mol. The lowest BCUT2D eigenvalue weighted by molar-refractivity contribution is -0.113. The van der Waals surface area contributed by atoms with Crippen LogP contribution < -0.4 is 19.7 Å². The van der Waals surface area contributed by atoms with Crippen molar-refractivity contribution < 1.29 is 14.3 Å². The number of nitrogens with zero attached hydrogens (tertiary/aromatic N) is 3. The van der Waals surface area contributed by atoms with Gasteiger partial charge in [0.25, 0.3) is 0 Å². The number of fused-ring (bicyclic) bond motifs is 1. The number of nitrogens with one attached hydrogen (secondary N) is 1. The van der Waals surface area contributed by atoms with E-state index in [0.717, 1.165) is 23.9 Å². The van der Waals surface area contributed by atoms with Crippen LogP contribution in [-0.2, 0) is 4.79 Å². The molecule has 0 radical (unpaired) electrons. The van der Waals surface area contributed by atoms with E-state index in [1.165, 1.54) is 31.0 Å². The Kier molecular flexibility index (Phi) is 5.10. The van der Waals surface area contributed by atoms with Gasteiger partial charge in [-0.25, -0.2) is 9.97 Å². The fourth-order valence-electron chi connectivity index (χ4n) is 3.02. The van der Waals surface area contributed by atoms with Gasteiger partial charge >= 0.3 is 0 Å². The number of rotatable bonds is 5. The van der Waals surface area contributed by atoms with Gasteiger partial charge in [0.2, 0.25) is 12.7 Å². The molecule has 0 bridgehead atoms. The van der Waals surface area contributed by atoms with E-state index in [2.05, 4.69) is 20.2 Å². The van der Waals surface area contributed by atoms with Gasteiger partial charge in [-0.3, -0.25) is 4.79 Å². The van der Waals surface area contributed by atoms with Crippen LogP contribution in [0.5, 0.6) is 11.5 Å². The average Bonchev–Trinajstić information content (AvgIpc) is 3.15.